The molecule has 0 atom stereocenters. The summed E-state index contributed by atoms with van der Waals surface area (Å²) in [6.45, 7) is 4.33. The van der Waals surface area contributed by atoms with Gasteiger partial charge in [0, 0.05) is 38.5 Å². The lowest BCUT2D eigenvalue weighted by Gasteiger charge is -2.37. The molecule has 0 radical (unpaired) electrons. The van der Waals surface area contributed by atoms with Gasteiger partial charge in [-0.2, -0.15) is 0 Å². The average molecular weight is 386 g/mol. The summed E-state index contributed by atoms with van der Waals surface area (Å²) in [6.07, 6.45) is 6.45. The summed E-state index contributed by atoms with van der Waals surface area (Å²) in [5.41, 5.74) is 1.21. The molecule has 1 aromatic carbocycles. The quantitative estimate of drug-likeness (QED) is 0.785. The van der Waals surface area contributed by atoms with Crippen LogP contribution >= 0.6 is 0 Å². The van der Waals surface area contributed by atoms with Gasteiger partial charge >= 0.3 is 0 Å². The third kappa shape index (κ3) is 5.81. The number of rotatable bonds is 7. The Morgan fingerprint density at radius 3 is 2.25 bits per heavy atom. The Bertz CT molecular complexity index is 618. The number of hydrogen-bond donors (Lipinski definition) is 1. The Hall–Kier alpha value is -1.88. The van der Waals surface area contributed by atoms with E-state index in [9.17, 15) is 9.59 Å². The maximum absolute atomic E-state index is 12.9. The largest absolute Gasteiger partial charge is 0.343 e. The number of likely N-dealkylation sites (tertiary alicyclic amines) is 2. The molecule has 1 N–H and O–H groups in total. The molecule has 2 heterocycles. The summed E-state index contributed by atoms with van der Waals surface area (Å²) in [7, 11) is 2.00. The van der Waals surface area contributed by atoms with Crippen molar-refractivity contribution in [2.75, 3.05) is 39.8 Å². The maximum Gasteiger partial charge on any atom is 0.225 e. The second-order valence-corrected chi connectivity index (χ2v) is 8.30. The molecular formula is C23H35N3O2. The highest BCUT2D eigenvalue weighted by Crippen LogP contribution is 2.25. The first kappa shape index (κ1) is 20.8. The van der Waals surface area contributed by atoms with Crippen LogP contribution < -0.4 is 5.32 Å². The standard InChI is InChI=1S/C23H35N3O2/c1-24-14-9-20-10-15-26(16-11-20)23(28)21-12-17-25(18-13-21)22(27)8-7-19-5-3-2-4-6-19/h2-6,20-21,24H,7-18H2,1H3. The molecule has 2 fully saturated rings. The van der Waals surface area contributed by atoms with Gasteiger partial charge < -0.3 is 15.1 Å². The molecule has 2 aliphatic rings. The normalized spacial score (nSPS) is 19.0. The Balaban J connectivity index is 1.37. The minimum Gasteiger partial charge on any atom is -0.343 e. The topological polar surface area (TPSA) is 52.7 Å². The summed E-state index contributed by atoms with van der Waals surface area (Å²) < 4.78 is 0. The summed E-state index contributed by atoms with van der Waals surface area (Å²) in [4.78, 5) is 29.4. The van der Waals surface area contributed by atoms with E-state index in [2.05, 4.69) is 22.3 Å². The van der Waals surface area contributed by atoms with Crippen LogP contribution in [0.3, 0.4) is 0 Å². The van der Waals surface area contributed by atoms with Crippen molar-refractivity contribution in [3.8, 4) is 0 Å². The van der Waals surface area contributed by atoms with Crippen LogP contribution in [0.1, 0.15) is 44.1 Å². The highest BCUT2D eigenvalue weighted by molar-refractivity contribution is 5.80. The number of hydrogen-bond acceptors (Lipinski definition) is 3. The maximum atomic E-state index is 12.9. The lowest BCUT2D eigenvalue weighted by Crippen LogP contribution is -2.46. The Morgan fingerprint density at radius 2 is 1.61 bits per heavy atom. The zero-order valence-electron chi connectivity index (χ0n) is 17.2. The molecular weight excluding hydrogens is 350 g/mol. The first-order valence-corrected chi connectivity index (χ1v) is 10.9. The molecule has 2 saturated heterocycles. The smallest absolute Gasteiger partial charge is 0.225 e. The van der Waals surface area contributed by atoms with Crippen LogP contribution in [0.25, 0.3) is 0 Å². The lowest BCUT2D eigenvalue weighted by atomic mass is 9.90. The fourth-order valence-electron chi connectivity index (χ4n) is 4.48. The van der Waals surface area contributed by atoms with Gasteiger partial charge in [0.15, 0.2) is 0 Å². The van der Waals surface area contributed by atoms with Crippen molar-refractivity contribution in [3.63, 3.8) is 0 Å². The number of carbonyl (C=O) groups excluding carboxylic acids is 2. The minimum atomic E-state index is 0.104. The number of amides is 2. The van der Waals surface area contributed by atoms with Gasteiger partial charge in [-0.3, -0.25) is 9.59 Å². The van der Waals surface area contributed by atoms with E-state index in [-0.39, 0.29) is 11.8 Å². The van der Waals surface area contributed by atoms with Crippen LogP contribution in [-0.4, -0.2) is 61.4 Å². The average Bonchev–Trinajstić information content (AvgIpc) is 2.76. The van der Waals surface area contributed by atoms with Crippen LogP contribution in [0.5, 0.6) is 0 Å². The van der Waals surface area contributed by atoms with Gasteiger partial charge in [-0.05, 0) is 63.6 Å². The minimum absolute atomic E-state index is 0.104. The van der Waals surface area contributed by atoms with Crippen LogP contribution in [0, 0.1) is 11.8 Å². The van der Waals surface area contributed by atoms with E-state index in [4.69, 9.17) is 0 Å². The molecule has 0 saturated carbocycles. The van der Waals surface area contributed by atoms with E-state index >= 15 is 0 Å². The van der Waals surface area contributed by atoms with E-state index in [0.717, 1.165) is 70.7 Å². The van der Waals surface area contributed by atoms with E-state index in [1.54, 1.807) is 0 Å². The van der Waals surface area contributed by atoms with Crippen molar-refractivity contribution in [2.24, 2.45) is 11.8 Å². The fraction of sp³-hybridized carbons (Fsp3) is 0.652. The van der Waals surface area contributed by atoms with Gasteiger partial charge in [0.05, 0.1) is 0 Å². The Kier molecular flexibility index (Phi) is 7.90. The molecule has 28 heavy (non-hydrogen) atoms. The number of benzene rings is 1. The third-order valence-corrected chi connectivity index (χ3v) is 6.40. The lowest BCUT2D eigenvalue weighted by molar-refractivity contribution is -0.141. The van der Waals surface area contributed by atoms with Crippen LogP contribution in [-0.2, 0) is 16.0 Å². The highest BCUT2D eigenvalue weighted by Gasteiger charge is 2.31. The first-order chi connectivity index (χ1) is 13.7. The van der Waals surface area contributed by atoms with Crippen LogP contribution in [0.4, 0.5) is 0 Å². The molecule has 5 nitrogen and oxygen atoms in total. The second kappa shape index (κ2) is 10.6. The molecule has 1 aromatic rings. The molecule has 0 aromatic heterocycles. The number of piperidine rings is 2. The van der Waals surface area contributed by atoms with Crippen molar-refractivity contribution >= 4 is 11.8 Å². The SMILES string of the molecule is CNCCC1CCN(C(=O)C2CCN(C(=O)CCc3ccccc3)CC2)CC1. The van der Waals surface area contributed by atoms with E-state index in [0.29, 0.717) is 12.3 Å². The van der Waals surface area contributed by atoms with Crippen molar-refractivity contribution in [1.82, 2.24) is 15.1 Å². The van der Waals surface area contributed by atoms with Crippen molar-refractivity contribution in [2.45, 2.75) is 44.9 Å². The molecule has 0 aliphatic carbocycles. The Labute approximate surface area is 169 Å². The monoisotopic (exact) mass is 385 g/mol. The number of aryl methyl sites for hydroxylation is 1. The number of nitrogens with one attached hydrogen (secondary N) is 1. The Morgan fingerprint density at radius 1 is 0.964 bits per heavy atom. The first-order valence-electron chi connectivity index (χ1n) is 10.9. The predicted molar refractivity (Wildman–Crippen MR) is 112 cm³/mol. The van der Waals surface area contributed by atoms with Crippen molar-refractivity contribution in [1.29, 1.82) is 0 Å². The van der Waals surface area contributed by atoms with Crippen molar-refractivity contribution in [3.05, 3.63) is 35.9 Å². The summed E-state index contributed by atoms with van der Waals surface area (Å²) in [6, 6.07) is 10.2. The molecule has 154 valence electrons. The van der Waals surface area contributed by atoms with E-state index in [1.165, 1.54) is 12.0 Å². The van der Waals surface area contributed by atoms with Gasteiger partial charge in [0.25, 0.3) is 0 Å². The van der Waals surface area contributed by atoms with Gasteiger partial charge in [-0.25, -0.2) is 0 Å². The van der Waals surface area contributed by atoms with Crippen molar-refractivity contribution < 1.29 is 9.59 Å². The number of carbonyl (C=O) groups is 2. The second-order valence-electron chi connectivity index (χ2n) is 8.30. The molecule has 0 bridgehead atoms. The summed E-state index contributed by atoms with van der Waals surface area (Å²) >= 11 is 0. The third-order valence-electron chi connectivity index (χ3n) is 6.40. The molecule has 3 rings (SSSR count). The molecule has 0 spiro atoms. The highest BCUT2D eigenvalue weighted by atomic mass is 16.2. The van der Waals surface area contributed by atoms with Gasteiger partial charge in [-0.1, -0.05) is 30.3 Å². The summed E-state index contributed by atoms with van der Waals surface area (Å²) in [5, 5.41) is 3.22. The predicted octanol–water partition coefficient (Wildman–Crippen LogP) is 2.71. The van der Waals surface area contributed by atoms with Gasteiger partial charge in [0.1, 0.15) is 0 Å². The van der Waals surface area contributed by atoms with Crippen LogP contribution in [0.15, 0.2) is 30.3 Å². The van der Waals surface area contributed by atoms with Gasteiger partial charge in [-0.15, -0.1) is 0 Å². The zero-order valence-corrected chi connectivity index (χ0v) is 17.2. The fourth-order valence-corrected chi connectivity index (χ4v) is 4.48. The van der Waals surface area contributed by atoms with E-state index in [1.807, 2.05) is 30.1 Å². The van der Waals surface area contributed by atoms with Gasteiger partial charge in [0.2, 0.25) is 11.8 Å². The molecule has 0 unspecified atom stereocenters. The molecule has 2 aliphatic heterocycles. The molecule has 5 heteroatoms. The van der Waals surface area contributed by atoms with E-state index < -0.39 is 0 Å². The zero-order chi connectivity index (χ0) is 19.8. The van der Waals surface area contributed by atoms with Crippen LogP contribution in [0.2, 0.25) is 0 Å². The summed E-state index contributed by atoms with van der Waals surface area (Å²) in [5.74, 6) is 1.40. The number of nitrogens with zero attached hydrogens (tertiary/aromatic N) is 2. The molecule has 2 amide bonds.